The van der Waals surface area contributed by atoms with E-state index in [1.165, 1.54) is 0 Å². The van der Waals surface area contributed by atoms with Crippen LogP contribution >= 0.6 is 0 Å². The SMILES string of the molecule is Cc1ccc(NC(=O)C2CCN(Cn3nccc3-c3cccnc3)CC2)nc1. The summed E-state index contributed by atoms with van der Waals surface area (Å²) in [5.74, 6) is 0.705. The summed E-state index contributed by atoms with van der Waals surface area (Å²) in [7, 11) is 0. The van der Waals surface area contributed by atoms with Crippen molar-refractivity contribution >= 4 is 11.7 Å². The van der Waals surface area contributed by atoms with Crippen LogP contribution in [0.25, 0.3) is 11.3 Å². The molecule has 0 radical (unpaired) electrons. The first-order chi connectivity index (χ1) is 13.7. The van der Waals surface area contributed by atoms with Gasteiger partial charge in [-0.2, -0.15) is 5.10 Å². The number of hydrogen-bond donors (Lipinski definition) is 1. The topological polar surface area (TPSA) is 75.9 Å². The number of piperidine rings is 1. The molecule has 4 rings (SSSR count). The van der Waals surface area contributed by atoms with E-state index in [1.54, 1.807) is 12.4 Å². The van der Waals surface area contributed by atoms with Gasteiger partial charge in [-0.25, -0.2) is 4.98 Å². The van der Waals surface area contributed by atoms with Crippen LogP contribution in [0.3, 0.4) is 0 Å². The number of rotatable bonds is 5. The van der Waals surface area contributed by atoms with Crippen molar-refractivity contribution in [3.8, 4) is 11.3 Å². The molecule has 0 atom stereocenters. The fraction of sp³-hybridized carbons (Fsp3) is 0.333. The normalized spacial score (nSPS) is 15.5. The third kappa shape index (κ3) is 4.26. The highest BCUT2D eigenvalue weighted by molar-refractivity contribution is 5.91. The molecule has 1 N–H and O–H groups in total. The minimum atomic E-state index is 0.0229. The van der Waals surface area contributed by atoms with Gasteiger partial charge in [-0.05, 0) is 49.6 Å². The first-order valence-corrected chi connectivity index (χ1v) is 9.57. The monoisotopic (exact) mass is 376 g/mol. The van der Waals surface area contributed by atoms with E-state index < -0.39 is 0 Å². The zero-order valence-corrected chi connectivity index (χ0v) is 16.0. The largest absolute Gasteiger partial charge is 0.310 e. The molecular weight excluding hydrogens is 352 g/mol. The Balaban J connectivity index is 1.32. The van der Waals surface area contributed by atoms with Crippen LogP contribution < -0.4 is 5.32 Å². The van der Waals surface area contributed by atoms with E-state index in [1.807, 2.05) is 54.3 Å². The molecule has 0 bridgehead atoms. The Bertz CT molecular complexity index is 914. The fourth-order valence-corrected chi connectivity index (χ4v) is 3.50. The number of nitrogens with one attached hydrogen (secondary N) is 1. The summed E-state index contributed by atoms with van der Waals surface area (Å²) in [6, 6.07) is 9.77. The average Bonchev–Trinajstić information content (AvgIpc) is 3.19. The molecule has 0 aliphatic carbocycles. The van der Waals surface area contributed by atoms with Gasteiger partial charge in [0.05, 0.1) is 12.4 Å². The first kappa shape index (κ1) is 18.3. The summed E-state index contributed by atoms with van der Waals surface area (Å²) in [6.07, 6.45) is 8.87. The van der Waals surface area contributed by atoms with E-state index in [4.69, 9.17) is 0 Å². The van der Waals surface area contributed by atoms with E-state index in [2.05, 4.69) is 25.3 Å². The Kier molecular flexibility index (Phi) is 5.43. The second-order valence-corrected chi connectivity index (χ2v) is 7.20. The van der Waals surface area contributed by atoms with Crippen molar-refractivity contribution in [2.45, 2.75) is 26.4 Å². The van der Waals surface area contributed by atoms with Gasteiger partial charge >= 0.3 is 0 Å². The number of carbonyl (C=O) groups is 1. The summed E-state index contributed by atoms with van der Waals surface area (Å²) in [6.45, 7) is 4.43. The lowest BCUT2D eigenvalue weighted by Gasteiger charge is -2.31. The minimum absolute atomic E-state index is 0.0229. The number of aryl methyl sites for hydroxylation is 1. The van der Waals surface area contributed by atoms with E-state index >= 15 is 0 Å². The van der Waals surface area contributed by atoms with Gasteiger partial charge in [-0.15, -0.1) is 0 Å². The molecule has 0 unspecified atom stereocenters. The van der Waals surface area contributed by atoms with Crippen LogP contribution in [0.5, 0.6) is 0 Å². The molecule has 28 heavy (non-hydrogen) atoms. The quantitative estimate of drug-likeness (QED) is 0.741. The standard InChI is InChI=1S/C21H24N6O/c1-16-4-5-20(23-13-16)25-21(28)17-7-11-26(12-8-17)15-27-19(6-10-24-27)18-3-2-9-22-14-18/h2-6,9-10,13-14,17H,7-8,11-12,15H2,1H3,(H,23,25,28). The number of aromatic nitrogens is 4. The molecule has 4 heterocycles. The van der Waals surface area contributed by atoms with Crippen molar-refractivity contribution in [1.29, 1.82) is 0 Å². The summed E-state index contributed by atoms with van der Waals surface area (Å²) >= 11 is 0. The molecule has 7 heteroatoms. The minimum Gasteiger partial charge on any atom is -0.310 e. The molecule has 1 saturated heterocycles. The molecular formula is C21H24N6O. The number of likely N-dealkylation sites (tertiary alicyclic amines) is 1. The molecule has 0 saturated carbocycles. The molecule has 1 fully saturated rings. The molecule has 1 aliphatic rings. The zero-order chi connectivity index (χ0) is 19.3. The fourth-order valence-electron chi connectivity index (χ4n) is 3.50. The Hall–Kier alpha value is -3.06. The number of amides is 1. The molecule has 0 aromatic carbocycles. The Morgan fingerprint density at radius 2 is 2.00 bits per heavy atom. The average molecular weight is 376 g/mol. The van der Waals surface area contributed by atoms with Crippen molar-refractivity contribution in [2.24, 2.45) is 5.92 Å². The van der Waals surface area contributed by atoms with Gasteiger partial charge in [0.15, 0.2) is 0 Å². The number of nitrogens with zero attached hydrogens (tertiary/aromatic N) is 5. The van der Waals surface area contributed by atoms with Crippen molar-refractivity contribution in [2.75, 3.05) is 18.4 Å². The Labute approximate surface area is 164 Å². The molecule has 7 nitrogen and oxygen atoms in total. The van der Waals surface area contributed by atoms with Crippen LogP contribution in [-0.4, -0.2) is 43.6 Å². The predicted octanol–water partition coefficient (Wildman–Crippen LogP) is 2.96. The highest BCUT2D eigenvalue weighted by Crippen LogP contribution is 2.22. The van der Waals surface area contributed by atoms with Gasteiger partial charge in [0.25, 0.3) is 0 Å². The van der Waals surface area contributed by atoms with Crippen LogP contribution in [-0.2, 0) is 11.5 Å². The maximum Gasteiger partial charge on any atom is 0.228 e. The van der Waals surface area contributed by atoms with Crippen LogP contribution in [0.15, 0.2) is 55.1 Å². The van der Waals surface area contributed by atoms with Crippen LogP contribution in [0.1, 0.15) is 18.4 Å². The number of carbonyl (C=O) groups excluding carboxylic acids is 1. The third-order valence-electron chi connectivity index (χ3n) is 5.13. The predicted molar refractivity (Wildman–Crippen MR) is 107 cm³/mol. The smallest absolute Gasteiger partial charge is 0.228 e. The van der Waals surface area contributed by atoms with E-state index in [0.29, 0.717) is 12.5 Å². The Morgan fingerprint density at radius 3 is 2.71 bits per heavy atom. The van der Waals surface area contributed by atoms with Crippen LogP contribution in [0, 0.1) is 12.8 Å². The van der Waals surface area contributed by atoms with Gasteiger partial charge < -0.3 is 5.32 Å². The third-order valence-corrected chi connectivity index (χ3v) is 5.13. The number of hydrogen-bond acceptors (Lipinski definition) is 5. The zero-order valence-electron chi connectivity index (χ0n) is 16.0. The lowest BCUT2D eigenvalue weighted by Crippen LogP contribution is -2.39. The molecule has 3 aromatic rings. The lowest BCUT2D eigenvalue weighted by atomic mass is 9.96. The van der Waals surface area contributed by atoms with Gasteiger partial charge in [-0.3, -0.25) is 19.4 Å². The van der Waals surface area contributed by atoms with Crippen molar-refractivity contribution in [1.82, 2.24) is 24.6 Å². The van der Waals surface area contributed by atoms with Gasteiger partial charge in [0.1, 0.15) is 5.82 Å². The van der Waals surface area contributed by atoms with E-state index in [0.717, 1.165) is 42.8 Å². The second-order valence-electron chi connectivity index (χ2n) is 7.20. The lowest BCUT2D eigenvalue weighted by molar-refractivity contribution is -0.121. The second kappa shape index (κ2) is 8.31. The van der Waals surface area contributed by atoms with Crippen molar-refractivity contribution in [3.05, 3.63) is 60.7 Å². The summed E-state index contributed by atoms with van der Waals surface area (Å²) in [4.78, 5) is 23.3. The summed E-state index contributed by atoms with van der Waals surface area (Å²) in [5, 5.41) is 7.40. The molecule has 1 amide bonds. The molecule has 0 spiro atoms. The summed E-state index contributed by atoms with van der Waals surface area (Å²) in [5.41, 5.74) is 3.19. The maximum absolute atomic E-state index is 12.5. The Morgan fingerprint density at radius 1 is 1.14 bits per heavy atom. The molecule has 1 aliphatic heterocycles. The van der Waals surface area contributed by atoms with Gasteiger partial charge in [0.2, 0.25) is 5.91 Å². The highest BCUT2D eigenvalue weighted by atomic mass is 16.1. The summed E-state index contributed by atoms with van der Waals surface area (Å²) < 4.78 is 1.99. The molecule has 144 valence electrons. The molecule has 3 aromatic heterocycles. The van der Waals surface area contributed by atoms with Gasteiger partial charge in [-0.1, -0.05) is 6.07 Å². The maximum atomic E-state index is 12.5. The van der Waals surface area contributed by atoms with Crippen LogP contribution in [0.4, 0.5) is 5.82 Å². The van der Waals surface area contributed by atoms with Gasteiger partial charge in [0, 0.05) is 49.4 Å². The van der Waals surface area contributed by atoms with E-state index in [-0.39, 0.29) is 11.8 Å². The van der Waals surface area contributed by atoms with Crippen molar-refractivity contribution < 1.29 is 4.79 Å². The van der Waals surface area contributed by atoms with Crippen LogP contribution in [0.2, 0.25) is 0 Å². The first-order valence-electron chi connectivity index (χ1n) is 9.57. The number of pyridine rings is 2. The van der Waals surface area contributed by atoms with Crippen molar-refractivity contribution in [3.63, 3.8) is 0 Å². The van der Waals surface area contributed by atoms with E-state index in [9.17, 15) is 4.79 Å². The highest BCUT2D eigenvalue weighted by Gasteiger charge is 2.25. The number of anilines is 1.